The number of aliphatic hydroxyl groups is 1. The van der Waals surface area contributed by atoms with Crippen LogP contribution < -0.4 is 10.1 Å². The van der Waals surface area contributed by atoms with Gasteiger partial charge in [-0.3, -0.25) is 0 Å². The van der Waals surface area contributed by atoms with Gasteiger partial charge in [-0.05, 0) is 31.9 Å². The molecule has 0 saturated carbocycles. The Bertz CT molecular complexity index is 396. The van der Waals surface area contributed by atoms with Gasteiger partial charge in [-0.25, -0.2) is 0 Å². The van der Waals surface area contributed by atoms with Crippen LogP contribution in [-0.2, 0) is 4.74 Å². The van der Waals surface area contributed by atoms with E-state index < -0.39 is 0 Å². The third-order valence-corrected chi connectivity index (χ3v) is 3.44. The van der Waals surface area contributed by atoms with Crippen molar-refractivity contribution >= 4 is 5.69 Å². The third-order valence-electron chi connectivity index (χ3n) is 3.44. The van der Waals surface area contributed by atoms with E-state index in [1.54, 1.807) is 7.11 Å². The number of nitrogens with one attached hydrogen (secondary N) is 1. The van der Waals surface area contributed by atoms with Crippen molar-refractivity contribution in [3.63, 3.8) is 0 Å². The molecule has 18 heavy (non-hydrogen) atoms. The molecule has 2 rings (SSSR count). The summed E-state index contributed by atoms with van der Waals surface area (Å²) in [6, 6.07) is 7.77. The van der Waals surface area contributed by atoms with Crippen LogP contribution >= 0.6 is 0 Å². The lowest BCUT2D eigenvalue weighted by Crippen LogP contribution is -2.49. The van der Waals surface area contributed by atoms with Crippen LogP contribution in [0.5, 0.6) is 5.75 Å². The average Bonchev–Trinajstić information content (AvgIpc) is 2.39. The number of methoxy groups -OCH3 is 1. The van der Waals surface area contributed by atoms with Crippen molar-refractivity contribution in [2.45, 2.75) is 31.4 Å². The molecule has 1 fully saturated rings. The number of hydrogen-bond acceptors (Lipinski definition) is 4. The quantitative estimate of drug-likeness (QED) is 0.859. The van der Waals surface area contributed by atoms with Crippen molar-refractivity contribution in [1.82, 2.24) is 0 Å². The molecule has 2 N–H and O–H groups in total. The van der Waals surface area contributed by atoms with Crippen LogP contribution in [0, 0.1) is 0 Å². The second kappa shape index (κ2) is 5.59. The Morgan fingerprint density at radius 1 is 1.56 bits per heavy atom. The Balaban J connectivity index is 2.13. The minimum atomic E-state index is -0.288. The first kappa shape index (κ1) is 13.2. The van der Waals surface area contributed by atoms with Crippen molar-refractivity contribution < 1.29 is 14.6 Å². The van der Waals surface area contributed by atoms with Crippen molar-refractivity contribution in [2.75, 3.05) is 25.6 Å². The van der Waals surface area contributed by atoms with Crippen LogP contribution in [0.1, 0.15) is 19.8 Å². The lowest BCUT2D eigenvalue weighted by atomic mass is 9.87. The fourth-order valence-electron chi connectivity index (χ4n) is 2.47. The molecular weight excluding hydrogens is 230 g/mol. The lowest BCUT2D eigenvalue weighted by molar-refractivity contribution is -0.0160. The molecule has 0 radical (unpaired) electrons. The molecule has 1 heterocycles. The van der Waals surface area contributed by atoms with Gasteiger partial charge in [0.25, 0.3) is 0 Å². The van der Waals surface area contributed by atoms with E-state index in [9.17, 15) is 5.11 Å². The molecule has 100 valence electrons. The number of anilines is 1. The smallest absolute Gasteiger partial charge is 0.120 e. The second-order valence-electron chi connectivity index (χ2n) is 4.93. The van der Waals surface area contributed by atoms with E-state index >= 15 is 0 Å². The third kappa shape index (κ3) is 2.94. The maximum atomic E-state index is 9.70. The summed E-state index contributed by atoms with van der Waals surface area (Å²) in [6.07, 6.45) is 1.79. The number of aliphatic hydroxyl groups excluding tert-OH is 1. The zero-order valence-corrected chi connectivity index (χ0v) is 11.0. The van der Waals surface area contributed by atoms with Gasteiger partial charge >= 0.3 is 0 Å². The van der Waals surface area contributed by atoms with Gasteiger partial charge in [-0.2, -0.15) is 0 Å². The van der Waals surface area contributed by atoms with Crippen LogP contribution in [0.4, 0.5) is 5.69 Å². The fourth-order valence-corrected chi connectivity index (χ4v) is 2.47. The van der Waals surface area contributed by atoms with E-state index in [0.29, 0.717) is 6.61 Å². The Morgan fingerprint density at radius 2 is 2.39 bits per heavy atom. The summed E-state index contributed by atoms with van der Waals surface area (Å²) in [4.78, 5) is 0. The second-order valence-corrected chi connectivity index (χ2v) is 4.93. The van der Waals surface area contributed by atoms with Crippen molar-refractivity contribution in [3.05, 3.63) is 24.3 Å². The van der Waals surface area contributed by atoms with Gasteiger partial charge in [0.05, 0.1) is 25.4 Å². The van der Waals surface area contributed by atoms with Gasteiger partial charge in [-0.15, -0.1) is 0 Å². The molecule has 1 saturated heterocycles. The van der Waals surface area contributed by atoms with E-state index in [-0.39, 0.29) is 18.2 Å². The first-order valence-corrected chi connectivity index (χ1v) is 6.32. The van der Waals surface area contributed by atoms with Crippen molar-refractivity contribution in [3.8, 4) is 5.75 Å². The van der Waals surface area contributed by atoms with Gasteiger partial charge in [0, 0.05) is 18.4 Å². The monoisotopic (exact) mass is 251 g/mol. The predicted octanol–water partition coefficient (Wildman–Crippen LogP) is 2.04. The van der Waals surface area contributed by atoms with E-state index in [1.807, 2.05) is 31.2 Å². The number of hydrogen-bond donors (Lipinski definition) is 2. The molecule has 0 aromatic heterocycles. The summed E-state index contributed by atoms with van der Waals surface area (Å²) in [6.45, 7) is 2.83. The molecule has 1 aliphatic heterocycles. The van der Waals surface area contributed by atoms with Gasteiger partial charge in [-0.1, -0.05) is 6.07 Å². The van der Waals surface area contributed by atoms with E-state index in [2.05, 4.69) is 5.32 Å². The summed E-state index contributed by atoms with van der Waals surface area (Å²) in [5.74, 6) is 0.813. The van der Waals surface area contributed by atoms with Crippen LogP contribution in [0.2, 0.25) is 0 Å². The summed E-state index contributed by atoms with van der Waals surface area (Å²) in [7, 11) is 1.65. The number of rotatable bonds is 4. The summed E-state index contributed by atoms with van der Waals surface area (Å²) >= 11 is 0. The average molecular weight is 251 g/mol. The molecule has 2 unspecified atom stereocenters. The van der Waals surface area contributed by atoms with Gasteiger partial charge in [0.15, 0.2) is 0 Å². The highest BCUT2D eigenvalue weighted by molar-refractivity contribution is 5.50. The van der Waals surface area contributed by atoms with Crippen molar-refractivity contribution in [1.29, 1.82) is 0 Å². The maximum absolute atomic E-state index is 9.70. The van der Waals surface area contributed by atoms with Crippen LogP contribution in [0.3, 0.4) is 0 Å². The highest BCUT2D eigenvalue weighted by Gasteiger charge is 2.34. The predicted molar refractivity (Wildman–Crippen MR) is 71.1 cm³/mol. The fraction of sp³-hybridized carbons (Fsp3) is 0.571. The Hall–Kier alpha value is -1.26. The largest absolute Gasteiger partial charge is 0.497 e. The number of ether oxygens (including phenoxy) is 2. The molecule has 0 aliphatic carbocycles. The SMILES string of the molecule is COc1cccc(NC2(CO)CCOC(C)C2)c1. The molecule has 2 atom stereocenters. The minimum absolute atomic E-state index is 0.109. The van der Waals surface area contributed by atoms with E-state index in [4.69, 9.17) is 9.47 Å². The molecule has 1 aromatic rings. The summed E-state index contributed by atoms with van der Waals surface area (Å²) in [5.41, 5.74) is 0.682. The first-order valence-electron chi connectivity index (χ1n) is 6.32. The number of benzene rings is 1. The van der Waals surface area contributed by atoms with Gasteiger partial charge in [0.1, 0.15) is 5.75 Å². The summed E-state index contributed by atoms with van der Waals surface area (Å²) < 4.78 is 10.7. The molecule has 0 spiro atoms. The zero-order valence-electron chi connectivity index (χ0n) is 11.0. The molecule has 0 bridgehead atoms. The molecule has 4 heteroatoms. The highest BCUT2D eigenvalue weighted by atomic mass is 16.5. The molecule has 0 amide bonds. The Labute approximate surface area is 108 Å². The van der Waals surface area contributed by atoms with E-state index in [0.717, 1.165) is 24.3 Å². The Morgan fingerprint density at radius 3 is 3.06 bits per heavy atom. The molecule has 1 aliphatic rings. The summed E-state index contributed by atoms with van der Waals surface area (Å²) in [5, 5.41) is 13.1. The highest BCUT2D eigenvalue weighted by Crippen LogP contribution is 2.29. The topological polar surface area (TPSA) is 50.7 Å². The zero-order chi connectivity index (χ0) is 13.0. The van der Waals surface area contributed by atoms with E-state index in [1.165, 1.54) is 0 Å². The minimum Gasteiger partial charge on any atom is -0.497 e. The van der Waals surface area contributed by atoms with Gasteiger partial charge in [0.2, 0.25) is 0 Å². The lowest BCUT2D eigenvalue weighted by Gasteiger charge is -2.40. The van der Waals surface area contributed by atoms with Crippen LogP contribution in [-0.4, -0.2) is 37.1 Å². The maximum Gasteiger partial charge on any atom is 0.120 e. The molecule has 4 nitrogen and oxygen atoms in total. The van der Waals surface area contributed by atoms with Crippen LogP contribution in [0.15, 0.2) is 24.3 Å². The molecule has 1 aromatic carbocycles. The molecular formula is C14H21NO3. The normalized spacial score (nSPS) is 27.8. The van der Waals surface area contributed by atoms with Crippen molar-refractivity contribution in [2.24, 2.45) is 0 Å². The standard InChI is InChI=1S/C14H21NO3/c1-11-9-14(10-16,6-7-18-11)15-12-4-3-5-13(8-12)17-2/h3-5,8,11,15-16H,6-7,9-10H2,1-2H3. The Kier molecular flexibility index (Phi) is 4.09. The first-order chi connectivity index (χ1) is 8.67. The van der Waals surface area contributed by atoms with Gasteiger partial charge < -0.3 is 19.9 Å². The van der Waals surface area contributed by atoms with Crippen LogP contribution in [0.25, 0.3) is 0 Å².